The van der Waals surface area contributed by atoms with Crippen LogP contribution in [0.2, 0.25) is 10.0 Å². The molecule has 1 aromatic carbocycles. The summed E-state index contributed by atoms with van der Waals surface area (Å²) in [5, 5.41) is 5.18. The Balaban J connectivity index is 1.82. The van der Waals surface area contributed by atoms with E-state index in [1.807, 2.05) is 0 Å². The van der Waals surface area contributed by atoms with E-state index in [2.05, 4.69) is 20.4 Å². The second-order valence-electron chi connectivity index (χ2n) is 5.41. The quantitative estimate of drug-likeness (QED) is 0.652. The Labute approximate surface area is 168 Å². The molecule has 2 rings (SSSR count). The molecule has 1 aromatic heterocycles. The van der Waals surface area contributed by atoms with Gasteiger partial charge in [0.2, 0.25) is 5.88 Å². The molecule has 0 saturated heterocycles. The van der Waals surface area contributed by atoms with Crippen molar-refractivity contribution >= 4 is 35.0 Å². The summed E-state index contributed by atoms with van der Waals surface area (Å²) in [4.78, 5) is 27.6. The van der Waals surface area contributed by atoms with Crippen LogP contribution in [0.4, 0.5) is 13.2 Å². The van der Waals surface area contributed by atoms with Gasteiger partial charge < -0.3 is 15.4 Å². The number of pyridine rings is 1. The summed E-state index contributed by atoms with van der Waals surface area (Å²) < 4.78 is 40.9. The molecular weight excluding hydrogens is 422 g/mol. The fourth-order valence-electron chi connectivity index (χ4n) is 2.00. The number of nitrogens with zero attached hydrogens (tertiary/aromatic N) is 1. The molecule has 28 heavy (non-hydrogen) atoms. The largest absolute Gasteiger partial charge is 0.467 e. The molecular formula is C17H14Cl2F3N3O3. The summed E-state index contributed by atoms with van der Waals surface area (Å²) in [6.07, 6.45) is -3.50. The van der Waals surface area contributed by atoms with Crippen LogP contribution >= 0.6 is 23.2 Å². The topological polar surface area (TPSA) is 80.3 Å². The molecule has 0 radical (unpaired) electrons. The first-order chi connectivity index (χ1) is 13.2. The van der Waals surface area contributed by atoms with Crippen molar-refractivity contribution < 1.29 is 27.5 Å². The van der Waals surface area contributed by atoms with E-state index in [9.17, 15) is 22.8 Å². The Kier molecular flexibility index (Phi) is 7.47. The molecule has 1 heterocycles. The van der Waals surface area contributed by atoms with Gasteiger partial charge in [0.25, 0.3) is 11.8 Å². The van der Waals surface area contributed by atoms with Crippen LogP contribution in [0.3, 0.4) is 0 Å². The van der Waals surface area contributed by atoms with E-state index in [0.29, 0.717) is 10.6 Å². The van der Waals surface area contributed by atoms with E-state index in [1.54, 1.807) is 24.3 Å². The summed E-state index contributed by atoms with van der Waals surface area (Å²) in [7, 11) is 0. The second-order valence-corrected chi connectivity index (χ2v) is 6.22. The Bertz CT molecular complexity index is 863. The van der Waals surface area contributed by atoms with Crippen LogP contribution in [0.15, 0.2) is 36.5 Å². The van der Waals surface area contributed by atoms with Crippen molar-refractivity contribution in [3.05, 3.63) is 57.7 Å². The monoisotopic (exact) mass is 435 g/mol. The molecule has 0 saturated carbocycles. The van der Waals surface area contributed by atoms with E-state index in [0.717, 1.165) is 12.3 Å². The summed E-state index contributed by atoms with van der Waals surface area (Å²) in [5.41, 5.74) is 0.336. The zero-order chi connectivity index (χ0) is 20.7. The highest BCUT2D eigenvalue weighted by atomic mass is 35.5. The number of alkyl halides is 3. The minimum Gasteiger partial charge on any atom is -0.467 e. The first-order valence-corrected chi connectivity index (χ1v) is 8.59. The first kappa shape index (κ1) is 21.8. The lowest BCUT2D eigenvalue weighted by molar-refractivity contribution is -0.154. The van der Waals surface area contributed by atoms with Crippen LogP contribution in [-0.2, 0) is 0 Å². The lowest BCUT2D eigenvalue weighted by Gasteiger charge is -2.11. The second kappa shape index (κ2) is 9.61. The van der Waals surface area contributed by atoms with Gasteiger partial charge in [-0.3, -0.25) is 9.59 Å². The number of nitrogens with one attached hydrogen (secondary N) is 2. The molecule has 0 aliphatic carbocycles. The molecule has 11 heteroatoms. The van der Waals surface area contributed by atoms with Crippen molar-refractivity contribution in [1.29, 1.82) is 0 Å². The van der Waals surface area contributed by atoms with E-state index >= 15 is 0 Å². The van der Waals surface area contributed by atoms with Gasteiger partial charge in [-0.2, -0.15) is 13.2 Å². The van der Waals surface area contributed by atoms with Gasteiger partial charge in [-0.1, -0.05) is 35.3 Å². The van der Waals surface area contributed by atoms with Gasteiger partial charge in [0.1, 0.15) is 5.02 Å². The highest BCUT2D eigenvalue weighted by Gasteiger charge is 2.29. The van der Waals surface area contributed by atoms with Gasteiger partial charge in [-0.05, 0) is 18.2 Å². The normalized spacial score (nSPS) is 11.0. The zero-order valence-electron chi connectivity index (χ0n) is 14.1. The van der Waals surface area contributed by atoms with E-state index in [-0.39, 0.29) is 23.7 Å². The maximum absolute atomic E-state index is 12.1. The van der Waals surface area contributed by atoms with Crippen molar-refractivity contribution in [2.45, 2.75) is 6.18 Å². The Morgan fingerprint density at radius 1 is 1.04 bits per heavy atom. The molecule has 2 N–H and O–H groups in total. The summed E-state index contributed by atoms with van der Waals surface area (Å²) in [6, 6.07) is 7.64. The smallest absolute Gasteiger partial charge is 0.422 e. The molecule has 2 aromatic rings. The van der Waals surface area contributed by atoms with Gasteiger partial charge in [-0.25, -0.2) is 4.98 Å². The number of hydrogen-bond acceptors (Lipinski definition) is 4. The molecule has 0 bridgehead atoms. The Morgan fingerprint density at radius 3 is 2.29 bits per heavy atom. The molecule has 6 nitrogen and oxygen atoms in total. The number of rotatable bonds is 7. The average molecular weight is 436 g/mol. The molecule has 0 aliphatic rings. The lowest BCUT2D eigenvalue weighted by Crippen LogP contribution is -2.34. The Hall–Kier alpha value is -2.52. The number of benzene rings is 1. The van der Waals surface area contributed by atoms with Crippen molar-refractivity contribution in [2.75, 3.05) is 19.7 Å². The van der Waals surface area contributed by atoms with Crippen LogP contribution in [0, 0.1) is 0 Å². The summed E-state index contributed by atoms with van der Waals surface area (Å²) in [5.74, 6) is -1.39. The molecule has 0 fully saturated rings. The van der Waals surface area contributed by atoms with Gasteiger partial charge in [0, 0.05) is 19.3 Å². The number of carbonyl (C=O) groups excluding carboxylic acids is 2. The predicted octanol–water partition coefficient (Wildman–Crippen LogP) is 3.49. The van der Waals surface area contributed by atoms with Crippen LogP contribution in [0.5, 0.6) is 5.88 Å². The number of carbonyl (C=O) groups is 2. The fourth-order valence-corrected chi connectivity index (χ4v) is 2.44. The highest BCUT2D eigenvalue weighted by molar-refractivity contribution is 6.33. The molecule has 0 unspecified atom stereocenters. The van der Waals surface area contributed by atoms with Crippen LogP contribution < -0.4 is 15.4 Å². The summed E-state index contributed by atoms with van der Waals surface area (Å²) >= 11 is 11.7. The predicted molar refractivity (Wildman–Crippen MR) is 96.9 cm³/mol. The van der Waals surface area contributed by atoms with Gasteiger partial charge >= 0.3 is 6.18 Å². The third-order valence-corrected chi connectivity index (χ3v) is 3.86. The minimum atomic E-state index is -4.53. The Morgan fingerprint density at radius 2 is 1.68 bits per heavy atom. The molecule has 0 spiro atoms. The molecule has 0 aliphatic heterocycles. The minimum absolute atomic E-state index is 0.0294. The molecule has 0 atom stereocenters. The average Bonchev–Trinajstić information content (AvgIpc) is 2.63. The zero-order valence-corrected chi connectivity index (χ0v) is 15.7. The number of aromatic nitrogens is 1. The number of amides is 2. The lowest BCUT2D eigenvalue weighted by atomic mass is 10.2. The first-order valence-electron chi connectivity index (χ1n) is 7.83. The fraction of sp³-hybridized carbons (Fsp3) is 0.235. The van der Waals surface area contributed by atoms with Gasteiger partial charge in [0.15, 0.2) is 6.61 Å². The van der Waals surface area contributed by atoms with E-state index in [4.69, 9.17) is 23.2 Å². The third-order valence-electron chi connectivity index (χ3n) is 3.26. The van der Waals surface area contributed by atoms with Crippen molar-refractivity contribution in [2.24, 2.45) is 0 Å². The van der Waals surface area contributed by atoms with Crippen LogP contribution in [-0.4, -0.2) is 42.7 Å². The summed E-state index contributed by atoms with van der Waals surface area (Å²) in [6.45, 7) is -1.32. The van der Waals surface area contributed by atoms with Gasteiger partial charge in [-0.15, -0.1) is 0 Å². The van der Waals surface area contributed by atoms with E-state index < -0.39 is 30.5 Å². The molecule has 2 amide bonds. The molecule has 150 valence electrons. The SMILES string of the molecule is O=C(NCCNC(=O)c1ccccc1Cl)c1cnc(OCC(F)(F)F)c(Cl)c1. The number of halogens is 5. The number of ether oxygens (including phenoxy) is 1. The number of hydrogen-bond donors (Lipinski definition) is 2. The van der Waals surface area contributed by atoms with Gasteiger partial charge in [0.05, 0.1) is 16.1 Å². The highest BCUT2D eigenvalue weighted by Crippen LogP contribution is 2.24. The maximum Gasteiger partial charge on any atom is 0.422 e. The third kappa shape index (κ3) is 6.58. The van der Waals surface area contributed by atoms with E-state index in [1.165, 1.54) is 0 Å². The van der Waals surface area contributed by atoms with Crippen molar-refractivity contribution in [3.63, 3.8) is 0 Å². The maximum atomic E-state index is 12.1. The van der Waals surface area contributed by atoms with Crippen LogP contribution in [0.25, 0.3) is 0 Å². The van der Waals surface area contributed by atoms with Crippen molar-refractivity contribution in [1.82, 2.24) is 15.6 Å². The van der Waals surface area contributed by atoms with Crippen LogP contribution in [0.1, 0.15) is 20.7 Å². The van der Waals surface area contributed by atoms with Crippen molar-refractivity contribution in [3.8, 4) is 5.88 Å². The standard InChI is InChI=1S/C17H14Cl2F3N3O3/c18-12-4-2-1-3-11(12)15(27)24-6-5-23-14(26)10-7-13(19)16(25-8-10)28-9-17(20,21)22/h1-4,7-8H,5-6,9H2,(H,23,26)(H,24,27).